The van der Waals surface area contributed by atoms with Gasteiger partial charge in [0, 0.05) is 25.1 Å². The number of fused-ring (bicyclic) bond motifs is 1. The molecule has 148 valence electrons. The molecule has 1 unspecified atom stereocenters. The maximum atomic E-state index is 12.3. The van der Waals surface area contributed by atoms with Crippen LogP contribution in [0.2, 0.25) is 10.0 Å². The molecule has 0 spiro atoms. The number of halogens is 2. The summed E-state index contributed by atoms with van der Waals surface area (Å²) in [4.78, 5) is 36.4. The molecule has 0 bridgehead atoms. The predicted octanol–water partition coefficient (Wildman–Crippen LogP) is 3.66. The monoisotopic (exact) mass is 440 g/mol. The van der Waals surface area contributed by atoms with Crippen LogP contribution in [0, 0.1) is 5.92 Å². The highest BCUT2D eigenvalue weighted by atomic mass is 35.5. The van der Waals surface area contributed by atoms with Gasteiger partial charge >= 0.3 is 5.97 Å². The highest BCUT2D eigenvalue weighted by Crippen LogP contribution is 2.37. The summed E-state index contributed by atoms with van der Waals surface area (Å²) in [6.45, 7) is 2.33. The Balaban J connectivity index is 1.55. The van der Waals surface area contributed by atoms with Gasteiger partial charge < -0.3 is 15.3 Å². The highest BCUT2D eigenvalue weighted by molar-refractivity contribution is 7.18. The second-order valence-corrected chi connectivity index (χ2v) is 8.39. The Bertz CT molecular complexity index is 966. The summed E-state index contributed by atoms with van der Waals surface area (Å²) in [6.07, 6.45) is 2.84. The Kier molecular flexibility index (Phi) is 6.27. The first-order valence-corrected chi connectivity index (χ1v) is 10.2. The van der Waals surface area contributed by atoms with Crippen LogP contribution in [0.15, 0.2) is 23.6 Å². The molecule has 0 radical (unpaired) electrons. The summed E-state index contributed by atoms with van der Waals surface area (Å²) in [5.41, 5.74) is 0.666. The maximum Gasteiger partial charge on any atom is 0.304 e. The van der Waals surface area contributed by atoms with Crippen LogP contribution in [0.5, 0.6) is 0 Å². The van der Waals surface area contributed by atoms with Crippen LogP contribution in [0.25, 0.3) is 16.2 Å². The molecule has 1 aromatic heterocycles. The molecular weight excluding hydrogens is 423 g/mol. The second kappa shape index (κ2) is 8.51. The lowest BCUT2D eigenvalue weighted by atomic mass is 10.0. The highest BCUT2D eigenvalue weighted by Gasteiger charge is 2.31. The molecule has 2 heterocycles. The van der Waals surface area contributed by atoms with Gasteiger partial charge in [0.1, 0.15) is 0 Å². The zero-order valence-electron chi connectivity index (χ0n) is 14.9. The molecule has 1 fully saturated rings. The van der Waals surface area contributed by atoms with Gasteiger partial charge in [-0.05, 0) is 34.5 Å². The summed E-state index contributed by atoms with van der Waals surface area (Å²) >= 11 is 14.1. The molecule has 1 aliphatic rings. The van der Waals surface area contributed by atoms with Crippen molar-refractivity contribution in [2.45, 2.75) is 19.4 Å². The van der Waals surface area contributed by atoms with Crippen molar-refractivity contribution < 1.29 is 19.5 Å². The minimum atomic E-state index is -1.02. The van der Waals surface area contributed by atoms with E-state index in [4.69, 9.17) is 28.3 Å². The van der Waals surface area contributed by atoms with Gasteiger partial charge in [0.05, 0.1) is 27.2 Å². The van der Waals surface area contributed by atoms with Crippen molar-refractivity contribution in [1.82, 2.24) is 10.2 Å². The number of rotatable bonds is 6. The van der Waals surface area contributed by atoms with Gasteiger partial charge in [-0.3, -0.25) is 14.4 Å². The number of nitrogens with one attached hydrogen (secondary N) is 1. The topological polar surface area (TPSA) is 86.7 Å². The molecular formula is C19H18Cl2N2O4S. The average molecular weight is 441 g/mol. The van der Waals surface area contributed by atoms with E-state index in [9.17, 15) is 14.4 Å². The van der Waals surface area contributed by atoms with Gasteiger partial charge in [-0.1, -0.05) is 30.1 Å². The van der Waals surface area contributed by atoms with E-state index in [0.717, 1.165) is 10.1 Å². The van der Waals surface area contributed by atoms with Gasteiger partial charge in [0.2, 0.25) is 11.8 Å². The van der Waals surface area contributed by atoms with Crippen LogP contribution in [0.1, 0.15) is 18.9 Å². The van der Waals surface area contributed by atoms with E-state index >= 15 is 0 Å². The van der Waals surface area contributed by atoms with Crippen LogP contribution in [-0.2, 0) is 14.4 Å². The number of carboxylic acid groups (broad SMARTS) is 1. The van der Waals surface area contributed by atoms with Crippen LogP contribution >= 0.6 is 34.5 Å². The molecule has 2 aromatic rings. The number of carbonyl (C=O) groups is 3. The van der Waals surface area contributed by atoms with Gasteiger partial charge in [0.15, 0.2) is 0 Å². The number of thiophene rings is 1. The minimum absolute atomic E-state index is 0.165. The quantitative estimate of drug-likeness (QED) is 0.670. The fourth-order valence-electron chi connectivity index (χ4n) is 2.90. The fraction of sp³-hybridized carbons (Fsp3) is 0.316. The number of carbonyl (C=O) groups excluding carboxylic acids is 2. The van der Waals surface area contributed by atoms with Crippen molar-refractivity contribution in [3.63, 3.8) is 0 Å². The van der Waals surface area contributed by atoms with E-state index in [1.807, 2.05) is 17.5 Å². The first-order chi connectivity index (χ1) is 13.3. The average Bonchev–Trinajstić information content (AvgIpc) is 3.07. The number of aliphatic carboxylic acids is 1. The van der Waals surface area contributed by atoms with Crippen LogP contribution in [-0.4, -0.2) is 46.9 Å². The molecule has 28 heavy (non-hydrogen) atoms. The molecule has 6 nitrogen and oxygen atoms in total. The molecule has 1 atom stereocenters. The van der Waals surface area contributed by atoms with E-state index in [1.54, 1.807) is 17.9 Å². The molecule has 9 heteroatoms. The Morgan fingerprint density at radius 3 is 2.75 bits per heavy atom. The van der Waals surface area contributed by atoms with E-state index in [0.29, 0.717) is 28.7 Å². The molecule has 2 N–H and O–H groups in total. The smallest absolute Gasteiger partial charge is 0.304 e. The molecule has 3 rings (SSSR count). The summed E-state index contributed by atoms with van der Waals surface area (Å²) in [7, 11) is 0. The summed E-state index contributed by atoms with van der Waals surface area (Å²) in [5, 5.41) is 15.3. The normalized spacial score (nSPS) is 15.6. The Labute approximate surface area is 175 Å². The standard InChI is InChI=1S/C19H18Cl2N2O4S/c1-10(6-15(25)26)19(27)22-13-8-23(9-13)14(24)3-2-11-7-12-4-5-28-18(12)17(21)16(11)20/h2-5,7,10,13H,6,8-9H2,1H3,(H,22,27)(H,25,26). The third-order valence-corrected chi connectivity index (χ3v) is 6.47. The summed E-state index contributed by atoms with van der Waals surface area (Å²) in [6, 6.07) is 3.66. The molecule has 0 aliphatic carbocycles. The summed E-state index contributed by atoms with van der Waals surface area (Å²) < 4.78 is 0.911. The largest absolute Gasteiger partial charge is 0.481 e. The number of amides is 2. The van der Waals surface area contributed by atoms with Gasteiger partial charge in [-0.25, -0.2) is 0 Å². The number of hydrogen-bond acceptors (Lipinski definition) is 4. The Morgan fingerprint density at radius 1 is 1.36 bits per heavy atom. The van der Waals surface area contributed by atoms with Crippen molar-refractivity contribution in [2.75, 3.05) is 13.1 Å². The number of benzene rings is 1. The third-order valence-electron chi connectivity index (χ3n) is 4.53. The second-order valence-electron chi connectivity index (χ2n) is 6.71. The molecule has 0 saturated carbocycles. The van der Waals surface area contributed by atoms with E-state index < -0.39 is 11.9 Å². The zero-order chi connectivity index (χ0) is 20.4. The minimum Gasteiger partial charge on any atom is -0.481 e. The maximum absolute atomic E-state index is 12.3. The number of likely N-dealkylation sites (tertiary alicyclic amines) is 1. The van der Waals surface area contributed by atoms with Crippen molar-refractivity contribution in [3.05, 3.63) is 39.2 Å². The van der Waals surface area contributed by atoms with Crippen LogP contribution in [0.3, 0.4) is 0 Å². The lowest BCUT2D eigenvalue weighted by Gasteiger charge is -2.39. The Hall–Kier alpha value is -2.09. The predicted molar refractivity (Wildman–Crippen MR) is 111 cm³/mol. The number of hydrogen-bond donors (Lipinski definition) is 2. The lowest BCUT2D eigenvalue weighted by Crippen LogP contribution is -2.61. The molecule has 2 amide bonds. The number of nitrogens with zero attached hydrogens (tertiary/aromatic N) is 1. The third kappa shape index (κ3) is 4.48. The summed E-state index contributed by atoms with van der Waals surface area (Å²) in [5.74, 6) is -2.14. The Morgan fingerprint density at radius 2 is 2.07 bits per heavy atom. The number of carboxylic acids is 1. The first kappa shape index (κ1) is 20.6. The van der Waals surface area contributed by atoms with E-state index in [2.05, 4.69) is 5.32 Å². The van der Waals surface area contributed by atoms with Crippen LogP contribution in [0.4, 0.5) is 0 Å². The van der Waals surface area contributed by atoms with E-state index in [1.165, 1.54) is 17.4 Å². The van der Waals surface area contributed by atoms with E-state index in [-0.39, 0.29) is 24.3 Å². The van der Waals surface area contributed by atoms with Crippen molar-refractivity contribution >= 4 is 68.5 Å². The zero-order valence-corrected chi connectivity index (χ0v) is 17.3. The van der Waals surface area contributed by atoms with Gasteiger partial charge in [-0.2, -0.15) is 0 Å². The van der Waals surface area contributed by atoms with Gasteiger partial charge in [-0.15, -0.1) is 11.3 Å². The SMILES string of the molecule is CC(CC(=O)O)C(=O)NC1CN(C(=O)C=Cc2cc3ccsc3c(Cl)c2Cl)C1. The lowest BCUT2D eigenvalue weighted by molar-refractivity contribution is -0.141. The molecule has 1 saturated heterocycles. The van der Waals surface area contributed by atoms with Crippen molar-refractivity contribution in [1.29, 1.82) is 0 Å². The molecule has 1 aromatic carbocycles. The van der Waals surface area contributed by atoms with Crippen LogP contribution < -0.4 is 5.32 Å². The van der Waals surface area contributed by atoms with Crippen molar-refractivity contribution in [2.24, 2.45) is 5.92 Å². The first-order valence-electron chi connectivity index (χ1n) is 8.60. The van der Waals surface area contributed by atoms with Gasteiger partial charge in [0.25, 0.3) is 0 Å². The van der Waals surface area contributed by atoms with Crippen molar-refractivity contribution in [3.8, 4) is 0 Å². The molecule has 1 aliphatic heterocycles. The fourth-order valence-corrected chi connectivity index (χ4v) is 4.34.